The van der Waals surface area contributed by atoms with Crippen molar-refractivity contribution in [1.82, 2.24) is 0 Å². The number of fused-ring (bicyclic) bond motifs is 1. The Labute approximate surface area is 139 Å². The molecule has 1 unspecified atom stereocenters. The highest BCUT2D eigenvalue weighted by Crippen LogP contribution is 2.43. The molecule has 0 spiro atoms. The Morgan fingerprint density at radius 3 is 2.74 bits per heavy atom. The largest absolute Gasteiger partial charge is 0.481 e. The molecule has 1 aliphatic rings. The fourth-order valence-corrected chi connectivity index (χ4v) is 4.73. The summed E-state index contributed by atoms with van der Waals surface area (Å²) in [7, 11) is 0. The van der Waals surface area contributed by atoms with Gasteiger partial charge in [-0.1, -0.05) is 6.07 Å². The summed E-state index contributed by atoms with van der Waals surface area (Å²) >= 11 is 2.53. The average Bonchev–Trinajstić information content (AvgIpc) is 3.13. The van der Waals surface area contributed by atoms with Crippen molar-refractivity contribution < 1.29 is 19.5 Å². The van der Waals surface area contributed by atoms with Crippen LogP contribution in [0.4, 0.5) is 5.00 Å². The molecule has 0 aromatic carbocycles. The molecular formula is C15H14N2O4S2. The third-order valence-corrected chi connectivity index (χ3v) is 5.83. The summed E-state index contributed by atoms with van der Waals surface area (Å²) in [4.78, 5) is 36.9. The maximum Gasteiger partial charge on any atom is 0.311 e. The molecule has 23 heavy (non-hydrogen) atoms. The summed E-state index contributed by atoms with van der Waals surface area (Å²) in [6.07, 6.45) is 1.90. The van der Waals surface area contributed by atoms with E-state index in [0.29, 0.717) is 28.3 Å². The number of rotatable bonds is 4. The molecule has 0 radical (unpaired) electrons. The van der Waals surface area contributed by atoms with Crippen LogP contribution in [0.3, 0.4) is 0 Å². The minimum absolute atomic E-state index is 0.141. The second-order valence-electron chi connectivity index (χ2n) is 5.22. The molecule has 120 valence electrons. The molecule has 8 heteroatoms. The van der Waals surface area contributed by atoms with Crippen LogP contribution in [0.15, 0.2) is 17.5 Å². The van der Waals surface area contributed by atoms with Gasteiger partial charge >= 0.3 is 5.97 Å². The summed E-state index contributed by atoms with van der Waals surface area (Å²) in [6.45, 7) is 0. The van der Waals surface area contributed by atoms with Gasteiger partial charge in [0, 0.05) is 4.88 Å². The normalized spacial score (nSPS) is 16.6. The quantitative estimate of drug-likeness (QED) is 0.787. The summed E-state index contributed by atoms with van der Waals surface area (Å²) < 4.78 is 0. The first kappa shape index (κ1) is 15.7. The van der Waals surface area contributed by atoms with E-state index in [2.05, 4.69) is 5.32 Å². The zero-order valence-corrected chi connectivity index (χ0v) is 13.6. The van der Waals surface area contributed by atoms with E-state index in [9.17, 15) is 19.5 Å². The van der Waals surface area contributed by atoms with Gasteiger partial charge in [-0.3, -0.25) is 14.4 Å². The van der Waals surface area contributed by atoms with Crippen molar-refractivity contribution in [2.75, 3.05) is 5.32 Å². The van der Waals surface area contributed by atoms with Crippen LogP contribution < -0.4 is 11.1 Å². The molecule has 1 aliphatic carbocycles. The Bertz CT molecular complexity index is 780. The van der Waals surface area contributed by atoms with Crippen LogP contribution in [0.25, 0.3) is 0 Å². The number of thiophene rings is 2. The number of aliphatic carboxylic acids is 1. The molecule has 0 saturated heterocycles. The monoisotopic (exact) mass is 350 g/mol. The summed E-state index contributed by atoms with van der Waals surface area (Å²) in [5.74, 6) is -2.75. The Kier molecular flexibility index (Phi) is 4.18. The van der Waals surface area contributed by atoms with Crippen molar-refractivity contribution in [2.24, 2.45) is 5.73 Å². The molecular weight excluding hydrogens is 336 g/mol. The van der Waals surface area contributed by atoms with Gasteiger partial charge < -0.3 is 16.2 Å². The van der Waals surface area contributed by atoms with Gasteiger partial charge in [-0.2, -0.15) is 0 Å². The minimum Gasteiger partial charge on any atom is -0.481 e. The lowest BCUT2D eigenvalue weighted by molar-refractivity contribution is -0.139. The molecule has 0 saturated carbocycles. The molecule has 2 heterocycles. The number of anilines is 1. The molecule has 0 aliphatic heterocycles. The predicted molar refractivity (Wildman–Crippen MR) is 88.4 cm³/mol. The highest BCUT2D eigenvalue weighted by atomic mass is 32.1. The number of nitrogens with one attached hydrogen (secondary N) is 1. The molecule has 3 rings (SSSR count). The van der Waals surface area contributed by atoms with Crippen molar-refractivity contribution in [3.8, 4) is 0 Å². The van der Waals surface area contributed by atoms with Crippen molar-refractivity contribution in [3.63, 3.8) is 0 Å². The molecule has 0 fully saturated rings. The molecule has 2 amide bonds. The highest BCUT2D eigenvalue weighted by Gasteiger charge is 2.34. The maximum atomic E-state index is 12.2. The Morgan fingerprint density at radius 2 is 2.13 bits per heavy atom. The first-order valence-electron chi connectivity index (χ1n) is 7.02. The molecule has 2 aromatic rings. The number of aryl methyl sites for hydroxylation is 1. The lowest BCUT2D eigenvalue weighted by atomic mass is 9.85. The predicted octanol–water partition coefficient (Wildman–Crippen LogP) is 2.67. The first-order chi connectivity index (χ1) is 11.0. The minimum atomic E-state index is -0.970. The summed E-state index contributed by atoms with van der Waals surface area (Å²) in [6, 6.07) is 3.44. The third-order valence-electron chi connectivity index (χ3n) is 3.78. The van der Waals surface area contributed by atoms with E-state index in [1.165, 1.54) is 22.7 Å². The van der Waals surface area contributed by atoms with Crippen LogP contribution in [0.2, 0.25) is 0 Å². The molecule has 2 aromatic heterocycles. The van der Waals surface area contributed by atoms with Gasteiger partial charge in [-0.25, -0.2) is 0 Å². The lowest BCUT2D eigenvalue weighted by Crippen LogP contribution is -2.23. The Hall–Kier alpha value is -2.19. The summed E-state index contributed by atoms with van der Waals surface area (Å²) in [5.41, 5.74) is 6.08. The smallest absolute Gasteiger partial charge is 0.311 e. The number of amides is 2. The highest BCUT2D eigenvalue weighted by molar-refractivity contribution is 7.17. The van der Waals surface area contributed by atoms with Crippen molar-refractivity contribution in [1.29, 1.82) is 0 Å². The zero-order chi connectivity index (χ0) is 16.6. The average molecular weight is 350 g/mol. The third kappa shape index (κ3) is 2.87. The second-order valence-corrected chi connectivity index (χ2v) is 7.27. The van der Waals surface area contributed by atoms with Crippen molar-refractivity contribution in [3.05, 3.63) is 38.4 Å². The van der Waals surface area contributed by atoms with E-state index in [0.717, 1.165) is 11.3 Å². The van der Waals surface area contributed by atoms with Gasteiger partial charge in [0.2, 0.25) is 0 Å². The SMILES string of the molecule is NC(=O)c1c(NC(=O)c2cccs2)sc2c1C(C(=O)O)CCC2. The topological polar surface area (TPSA) is 109 Å². The van der Waals surface area contributed by atoms with Gasteiger partial charge in [-0.15, -0.1) is 22.7 Å². The van der Waals surface area contributed by atoms with Gasteiger partial charge in [0.05, 0.1) is 16.4 Å². The van der Waals surface area contributed by atoms with E-state index in [1.807, 2.05) is 0 Å². The first-order valence-corrected chi connectivity index (χ1v) is 8.71. The Balaban J connectivity index is 2.03. The number of carboxylic acids is 1. The van der Waals surface area contributed by atoms with Crippen LogP contribution in [0, 0.1) is 0 Å². The number of carbonyl (C=O) groups is 3. The second kappa shape index (κ2) is 6.13. The number of hydrogen-bond donors (Lipinski definition) is 3. The van der Waals surface area contributed by atoms with Gasteiger partial charge in [0.15, 0.2) is 0 Å². The van der Waals surface area contributed by atoms with Crippen LogP contribution in [0.1, 0.15) is 49.2 Å². The van der Waals surface area contributed by atoms with Gasteiger partial charge in [-0.05, 0) is 36.3 Å². The number of carbonyl (C=O) groups excluding carboxylic acids is 2. The van der Waals surface area contributed by atoms with E-state index in [4.69, 9.17) is 5.73 Å². The van der Waals surface area contributed by atoms with E-state index < -0.39 is 17.8 Å². The number of carboxylic acid groups (broad SMARTS) is 1. The van der Waals surface area contributed by atoms with E-state index in [-0.39, 0.29) is 11.5 Å². The molecule has 6 nitrogen and oxygen atoms in total. The van der Waals surface area contributed by atoms with Crippen molar-refractivity contribution in [2.45, 2.75) is 25.2 Å². The number of primary amides is 1. The fraction of sp³-hybridized carbons (Fsp3) is 0.267. The zero-order valence-electron chi connectivity index (χ0n) is 12.0. The molecule has 0 bridgehead atoms. The number of nitrogens with two attached hydrogens (primary N) is 1. The maximum absolute atomic E-state index is 12.2. The van der Waals surface area contributed by atoms with Crippen LogP contribution in [0.5, 0.6) is 0 Å². The summed E-state index contributed by atoms with van der Waals surface area (Å²) in [5, 5.41) is 14.2. The van der Waals surface area contributed by atoms with Gasteiger partial charge in [0.1, 0.15) is 5.00 Å². The number of hydrogen-bond acceptors (Lipinski definition) is 5. The van der Waals surface area contributed by atoms with Gasteiger partial charge in [0.25, 0.3) is 11.8 Å². The van der Waals surface area contributed by atoms with Crippen molar-refractivity contribution >= 4 is 45.5 Å². The molecule has 1 atom stereocenters. The van der Waals surface area contributed by atoms with Crippen LogP contribution in [-0.4, -0.2) is 22.9 Å². The van der Waals surface area contributed by atoms with E-state index >= 15 is 0 Å². The fourth-order valence-electron chi connectivity index (χ4n) is 2.81. The molecule has 4 N–H and O–H groups in total. The van der Waals surface area contributed by atoms with Crippen LogP contribution in [-0.2, 0) is 11.2 Å². The Morgan fingerprint density at radius 1 is 1.35 bits per heavy atom. The lowest BCUT2D eigenvalue weighted by Gasteiger charge is -2.19. The van der Waals surface area contributed by atoms with Crippen LogP contribution >= 0.6 is 22.7 Å². The standard InChI is InChI=1S/C15H14N2O4S2/c16-12(18)11-10-7(15(20)21)3-1-4-8(10)23-14(11)17-13(19)9-5-2-6-22-9/h2,5-7H,1,3-4H2,(H2,16,18)(H,17,19)(H,20,21). The van der Waals surface area contributed by atoms with E-state index in [1.54, 1.807) is 17.5 Å².